The Bertz CT molecular complexity index is 857. The number of aromatic nitrogens is 3. The molecule has 1 aliphatic heterocycles. The van der Waals surface area contributed by atoms with Crippen molar-refractivity contribution >= 4 is 17.0 Å². The molecular formula is C20H23N5O. The molecule has 26 heavy (non-hydrogen) atoms. The van der Waals surface area contributed by atoms with Gasteiger partial charge >= 0.3 is 0 Å². The standard InChI is InChI=1S/C20H23N5O/c26-14-16-8-11-25(12-15-4-2-1-3-5-15)13-18(16)23-19-7-6-17-20(24-19)22-10-9-21-17/h1-7,9-10,16,18,26H,8,11-14H2,(H,22,23,24)/t16-,18+/m0/s1. The van der Waals surface area contributed by atoms with Crippen molar-refractivity contribution in [1.82, 2.24) is 19.9 Å². The Kier molecular flexibility index (Phi) is 5.04. The van der Waals surface area contributed by atoms with E-state index in [-0.39, 0.29) is 18.6 Å². The van der Waals surface area contributed by atoms with Gasteiger partial charge < -0.3 is 10.4 Å². The molecule has 0 amide bonds. The number of benzene rings is 1. The Morgan fingerprint density at radius 3 is 2.77 bits per heavy atom. The molecule has 4 rings (SSSR count). The quantitative estimate of drug-likeness (QED) is 0.736. The van der Waals surface area contributed by atoms with Crippen LogP contribution >= 0.6 is 0 Å². The zero-order valence-corrected chi connectivity index (χ0v) is 14.6. The summed E-state index contributed by atoms with van der Waals surface area (Å²) in [6.45, 7) is 2.98. The normalized spacial score (nSPS) is 21.0. The van der Waals surface area contributed by atoms with E-state index in [1.54, 1.807) is 12.4 Å². The van der Waals surface area contributed by atoms with Gasteiger partial charge in [-0.25, -0.2) is 9.97 Å². The second-order valence-corrected chi connectivity index (χ2v) is 6.80. The van der Waals surface area contributed by atoms with Crippen LogP contribution in [0.3, 0.4) is 0 Å². The first kappa shape index (κ1) is 16.9. The summed E-state index contributed by atoms with van der Waals surface area (Å²) in [5.74, 6) is 1.00. The van der Waals surface area contributed by atoms with Gasteiger partial charge in [0.1, 0.15) is 11.3 Å². The van der Waals surface area contributed by atoms with Crippen LogP contribution < -0.4 is 5.32 Å². The molecule has 6 nitrogen and oxygen atoms in total. The molecule has 2 N–H and O–H groups in total. The maximum atomic E-state index is 9.79. The molecule has 1 aromatic carbocycles. The molecule has 3 heterocycles. The number of piperidine rings is 1. The van der Waals surface area contributed by atoms with Gasteiger partial charge in [-0.3, -0.25) is 9.88 Å². The smallest absolute Gasteiger partial charge is 0.180 e. The number of pyridine rings is 1. The first-order valence-corrected chi connectivity index (χ1v) is 9.03. The van der Waals surface area contributed by atoms with E-state index < -0.39 is 0 Å². The molecule has 0 saturated carbocycles. The molecule has 0 bridgehead atoms. The third-order valence-electron chi connectivity index (χ3n) is 4.99. The second-order valence-electron chi connectivity index (χ2n) is 6.80. The van der Waals surface area contributed by atoms with Crippen molar-refractivity contribution in [3.05, 3.63) is 60.4 Å². The SMILES string of the molecule is OC[C@@H]1CCN(Cc2ccccc2)C[C@H]1Nc1ccc2nccnc2n1. The number of anilines is 1. The van der Waals surface area contributed by atoms with E-state index in [4.69, 9.17) is 0 Å². The van der Waals surface area contributed by atoms with Crippen LogP contribution in [0, 0.1) is 5.92 Å². The summed E-state index contributed by atoms with van der Waals surface area (Å²) >= 11 is 0. The number of aliphatic hydroxyl groups excluding tert-OH is 1. The third kappa shape index (κ3) is 3.81. The van der Waals surface area contributed by atoms with Crippen LogP contribution in [0.5, 0.6) is 0 Å². The van der Waals surface area contributed by atoms with Crippen LogP contribution in [0.4, 0.5) is 5.82 Å². The summed E-state index contributed by atoms with van der Waals surface area (Å²) in [6, 6.07) is 14.5. The van der Waals surface area contributed by atoms with Crippen molar-refractivity contribution in [3.63, 3.8) is 0 Å². The number of nitrogens with one attached hydrogen (secondary N) is 1. The Morgan fingerprint density at radius 2 is 1.92 bits per heavy atom. The van der Waals surface area contributed by atoms with Crippen LogP contribution in [-0.2, 0) is 6.54 Å². The van der Waals surface area contributed by atoms with E-state index in [1.807, 2.05) is 18.2 Å². The van der Waals surface area contributed by atoms with Crippen molar-refractivity contribution in [3.8, 4) is 0 Å². The average molecular weight is 349 g/mol. The van der Waals surface area contributed by atoms with Gasteiger partial charge in [0.15, 0.2) is 5.65 Å². The minimum absolute atomic E-state index is 0.152. The monoisotopic (exact) mass is 349 g/mol. The van der Waals surface area contributed by atoms with E-state index in [0.717, 1.165) is 37.4 Å². The summed E-state index contributed by atoms with van der Waals surface area (Å²) in [6.07, 6.45) is 4.29. The lowest BCUT2D eigenvalue weighted by molar-refractivity contribution is 0.115. The number of hydrogen-bond acceptors (Lipinski definition) is 6. The lowest BCUT2D eigenvalue weighted by atomic mass is 9.92. The van der Waals surface area contributed by atoms with Gasteiger partial charge in [-0.2, -0.15) is 0 Å². The van der Waals surface area contributed by atoms with Crippen molar-refractivity contribution in [2.75, 3.05) is 25.0 Å². The highest BCUT2D eigenvalue weighted by molar-refractivity contribution is 5.71. The molecule has 1 fully saturated rings. The third-order valence-corrected chi connectivity index (χ3v) is 4.99. The Hall–Kier alpha value is -2.57. The molecule has 2 atom stereocenters. The van der Waals surface area contributed by atoms with E-state index in [9.17, 15) is 5.11 Å². The number of nitrogens with zero attached hydrogens (tertiary/aromatic N) is 4. The summed E-state index contributed by atoms with van der Waals surface area (Å²) < 4.78 is 0. The number of aliphatic hydroxyl groups is 1. The average Bonchev–Trinajstić information content (AvgIpc) is 2.69. The fourth-order valence-corrected chi connectivity index (χ4v) is 3.56. The number of fused-ring (bicyclic) bond motifs is 1. The minimum Gasteiger partial charge on any atom is -0.396 e. The van der Waals surface area contributed by atoms with Crippen LogP contribution in [-0.4, -0.2) is 50.7 Å². The molecule has 134 valence electrons. The topological polar surface area (TPSA) is 74.2 Å². The lowest BCUT2D eigenvalue weighted by Gasteiger charge is -2.38. The molecule has 3 aromatic rings. The predicted octanol–water partition coefficient (Wildman–Crippen LogP) is 2.32. The molecule has 0 unspecified atom stereocenters. The van der Waals surface area contributed by atoms with Crippen molar-refractivity contribution in [2.24, 2.45) is 5.92 Å². The van der Waals surface area contributed by atoms with E-state index in [0.29, 0.717) is 5.65 Å². The van der Waals surface area contributed by atoms with E-state index >= 15 is 0 Å². The predicted molar refractivity (Wildman–Crippen MR) is 102 cm³/mol. The Morgan fingerprint density at radius 1 is 1.08 bits per heavy atom. The van der Waals surface area contributed by atoms with Gasteiger partial charge in [0.2, 0.25) is 0 Å². The van der Waals surface area contributed by atoms with E-state index in [2.05, 4.69) is 49.4 Å². The summed E-state index contributed by atoms with van der Waals surface area (Å²) in [4.78, 5) is 15.5. The minimum atomic E-state index is 0.152. The first-order chi connectivity index (χ1) is 12.8. The zero-order valence-electron chi connectivity index (χ0n) is 14.6. The van der Waals surface area contributed by atoms with Gasteiger partial charge in [0.05, 0.1) is 0 Å². The second kappa shape index (κ2) is 7.76. The highest BCUT2D eigenvalue weighted by Gasteiger charge is 2.29. The maximum Gasteiger partial charge on any atom is 0.180 e. The maximum absolute atomic E-state index is 9.79. The van der Waals surface area contributed by atoms with Gasteiger partial charge in [0.25, 0.3) is 0 Å². The van der Waals surface area contributed by atoms with Crippen LogP contribution in [0.1, 0.15) is 12.0 Å². The Labute approximate surface area is 152 Å². The molecule has 2 aromatic heterocycles. The zero-order chi connectivity index (χ0) is 17.8. The van der Waals surface area contributed by atoms with Gasteiger partial charge in [0, 0.05) is 44.0 Å². The molecular weight excluding hydrogens is 326 g/mol. The Balaban J connectivity index is 1.48. The summed E-state index contributed by atoms with van der Waals surface area (Å²) in [7, 11) is 0. The van der Waals surface area contributed by atoms with Crippen LogP contribution in [0.2, 0.25) is 0 Å². The molecule has 0 spiro atoms. The molecule has 0 aliphatic carbocycles. The number of likely N-dealkylation sites (tertiary alicyclic amines) is 1. The molecule has 6 heteroatoms. The molecule has 1 saturated heterocycles. The molecule has 0 radical (unpaired) electrons. The van der Waals surface area contributed by atoms with Gasteiger partial charge in [-0.1, -0.05) is 30.3 Å². The highest BCUT2D eigenvalue weighted by atomic mass is 16.3. The number of rotatable bonds is 5. The van der Waals surface area contributed by atoms with Crippen LogP contribution in [0.25, 0.3) is 11.2 Å². The van der Waals surface area contributed by atoms with Crippen molar-refractivity contribution in [2.45, 2.75) is 19.0 Å². The van der Waals surface area contributed by atoms with Gasteiger partial charge in [-0.05, 0) is 30.7 Å². The van der Waals surface area contributed by atoms with Crippen molar-refractivity contribution < 1.29 is 5.11 Å². The first-order valence-electron chi connectivity index (χ1n) is 9.03. The van der Waals surface area contributed by atoms with E-state index in [1.165, 1.54) is 5.56 Å². The summed E-state index contributed by atoms with van der Waals surface area (Å²) in [5.41, 5.74) is 2.73. The highest BCUT2D eigenvalue weighted by Crippen LogP contribution is 2.23. The number of hydrogen-bond donors (Lipinski definition) is 2. The van der Waals surface area contributed by atoms with Gasteiger partial charge in [-0.15, -0.1) is 0 Å². The fourth-order valence-electron chi connectivity index (χ4n) is 3.56. The lowest BCUT2D eigenvalue weighted by Crippen LogP contribution is -2.48. The summed E-state index contributed by atoms with van der Waals surface area (Å²) in [5, 5.41) is 13.3. The fraction of sp³-hybridized carbons (Fsp3) is 0.350. The largest absolute Gasteiger partial charge is 0.396 e. The molecule has 1 aliphatic rings. The van der Waals surface area contributed by atoms with Crippen LogP contribution in [0.15, 0.2) is 54.9 Å². The van der Waals surface area contributed by atoms with Crippen molar-refractivity contribution in [1.29, 1.82) is 0 Å².